The van der Waals surface area contributed by atoms with Gasteiger partial charge >= 0.3 is 0 Å². The van der Waals surface area contributed by atoms with Gasteiger partial charge in [0.2, 0.25) is 0 Å². The van der Waals surface area contributed by atoms with Crippen molar-refractivity contribution in [1.82, 2.24) is 15.2 Å². The molecule has 3 nitrogen and oxygen atoms in total. The smallest absolute Gasteiger partial charge is 0.0708 e. The molecule has 0 radical (unpaired) electrons. The van der Waals surface area contributed by atoms with E-state index in [1.54, 1.807) is 0 Å². The second-order valence-electron chi connectivity index (χ2n) is 6.18. The Kier molecular flexibility index (Phi) is 5.06. The predicted molar refractivity (Wildman–Crippen MR) is 93.0 cm³/mol. The molecule has 22 heavy (non-hydrogen) atoms. The zero-order valence-electron chi connectivity index (χ0n) is 13.9. The minimum atomic E-state index is 0.961. The summed E-state index contributed by atoms with van der Waals surface area (Å²) < 4.78 is 0. The Morgan fingerprint density at radius 2 is 2.09 bits per heavy atom. The molecule has 1 N–H and O–H groups in total. The van der Waals surface area contributed by atoms with Crippen LogP contribution in [0.15, 0.2) is 24.3 Å². The molecule has 3 rings (SSSR count). The number of unbranched alkanes of at least 4 members (excludes halogenated alkanes) is 1. The molecular weight excluding hydrogens is 270 g/mol. The second kappa shape index (κ2) is 7.21. The van der Waals surface area contributed by atoms with Gasteiger partial charge in [-0.25, -0.2) is 0 Å². The molecule has 3 heteroatoms. The van der Waals surface area contributed by atoms with Crippen LogP contribution in [0.25, 0.3) is 10.9 Å². The van der Waals surface area contributed by atoms with Crippen LogP contribution in [0.3, 0.4) is 0 Å². The van der Waals surface area contributed by atoms with Crippen LogP contribution in [0.5, 0.6) is 0 Å². The van der Waals surface area contributed by atoms with Crippen molar-refractivity contribution < 1.29 is 0 Å². The van der Waals surface area contributed by atoms with Gasteiger partial charge < -0.3 is 5.32 Å². The standard InChI is InChI=1S/C19H27N3/c1-3-5-11-20-13-16-15-8-6-7-9-18(15)21-19-10-12-22(4-2)14-17(16)19/h6-9,20H,3-5,10-14H2,1-2H3. The monoisotopic (exact) mass is 297 g/mol. The first-order valence-electron chi connectivity index (χ1n) is 8.66. The highest BCUT2D eigenvalue weighted by Gasteiger charge is 2.21. The van der Waals surface area contributed by atoms with Crippen LogP contribution >= 0.6 is 0 Å². The molecule has 0 bridgehead atoms. The highest BCUT2D eigenvalue weighted by Crippen LogP contribution is 2.27. The Morgan fingerprint density at radius 3 is 2.91 bits per heavy atom. The summed E-state index contributed by atoms with van der Waals surface area (Å²) in [5.74, 6) is 0. The summed E-state index contributed by atoms with van der Waals surface area (Å²) in [4.78, 5) is 7.46. The third kappa shape index (κ3) is 3.16. The molecule has 0 aliphatic carbocycles. The summed E-state index contributed by atoms with van der Waals surface area (Å²) in [6.45, 7) is 9.85. The average Bonchev–Trinajstić information content (AvgIpc) is 2.57. The van der Waals surface area contributed by atoms with Gasteiger partial charge in [-0.1, -0.05) is 38.5 Å². The lowest BCUT2D eigenvalue weighted by molar-refractivity contribution is 0.265. The number of rotatable bonds is 6. The highest BCUT2D eigenvalue weighted by atomic mass is 15.1. The second-order valence-corrected chi connectivity index (χ2v) is 6.18. The Labute approximate surface area is 133 Å². The van der Waals surface area contributed by atoms with Gasteiger partial charge in [-0.05, 0) is 36.7 Å². The zero-order chi connectivity index (χ0) is 15.4. The fourth-order valence-corrected chi connectivity index (χ4v) is 3.32. The highest BCUT2D eigenvalue weighted by molar-refractivity contribution is 5.83. The molecule has 0 unspecified atom stereocenters. The molecule has 118 valence electrons. The number of hydrogen-bond donors (Lipinski definition) is 1. The number of likely N-dealkylation sites (N-methyl/N-ethyl adjacent to an activating group) is 1. The minimum absolute atomic E-state index is 0.961. The van der Waals surface area contributed by atoms with Gasteiger partial charge in [-0.15, -0.1) is 0 Å². The summed E-state index contributed by atoms with van der Waals surface area (Å²) in [5, 5.41) is 4.95. The van der Waals surface area contributed by atoms with Crippen molar-refractivity contribution in [2.45, 2.75) is 46.2 Å². The van der Waals surface area contributed by atoms with Crippen molar-refractivity contribution >= 4 is 10.9 Å². The molecule has 0 fully saturated rings. The Morgan fingerprint density at radius 1 is 1.23 bits per heavy atom. The van der Waals surface area contributed by atoms with Gasteiger partial charge in [-0.2, -0.15) is 0 Å². The molecule has 1 aliphatic heterocycles. The maximum Gasteiger partial charge on any atom is 0.0708 e. The van der Waals surface area contributed by atoms with Crippen LogP contribution in [0, 0.1) is 0 Å². The molecule has 1 aliphatic rings. The molecular formula is C19H27N3. The fraction of sp³-hybridized carbons (Fsp3) is 0.526. The van der Waals surface area contributed by atoms with Gasteiger partial charge in [0.05, 0.1) is 5.52 Å². The fourth-order valence-electron chi connectivity index (χ4n) is 3.32. The number of hydrogen-bond acceptors (Lipinski definition) is 3. The molecule has 2 heterocycles. The molecule has 1 aromatic carbocycles. The predicted octanol–water partition coefficient (Wildman–Crippen LogP) is 3.50. The normalized spacial score (nSPS) is 15.2. The van der Waals surface area contributed by atoms with Crippen molar-refractivity contribution in [2.75, 3.05) is 19.6 Å². The number of para-hydroxylation sites is 1. The van der Waals surface area contributed by atoms with E-state index in [0.717, 1.165) is 44.7 Å². The van der Waals surface area contributed by atoms with E-state index in [9.17, 15) is 0 Å². The number of nitrogens with zero attached hydrogens (tertiary/aromatic N) is 2. The average molecular weight is 297 g/mol. The van der Waals surface area contributed by atoms with Gasteiger partial charge in [0, 0.05) is 37.1 Å². The third-order valence-corrected chi connectivity index (χ3v) is 4.70. The van der Waals surface area contributed by atoms with Crippen LogP contribution in [0.4, 0.5) is 0 Å². The molecule has 1 aromatic heterocycles. The molecule has 0 amide bonds. The van der Waals surface area contributed by atoms with Crippen molar-refractivity contribution in [3.8, 4) is 0 Å². The SMILES string of the molecule is CCCCNCc1c2c(nc3ccccc13)CCN(CC)C2. The Hall–Kier alpha value is -1.45. The van der Waals surface area contributed by atoms with Crippen LogP contribution in [0.1, 0.15) is 43.5 Å². The first-order valence-corrected chi connectivity index (χ1v) is 8.66. The van der Waals surface area contributed by atoms with E-state index in [1.807, 2.05) is 0 Å². The molecule has 0 atom stereocenters. The first kappa shape index (κ1) is 15.4. The lowest BCUT2D eigenvalue weighted by atomic mass is 9.95. The summed E-state index contributed by atoms with van der Waals surface area (Å²) in [5.41, 5.74) is 5.40. The number of aromatic nitrogens is 1. The van der Waals surface area contributed by atoms with E-state index < -0.39 is 0 Å². The quantitative estimate of drug-likeness (QED) is 0.827. The molecule has 0 saturated heterocycles. The lowest BCUT2D eigenvalue weighted by Gasteiger charge is -2.29. The van der Waals surface area contributed by atoms with Crippen molar-refractivity contribution in [3.05, 3.63) is 41.1 Å². The number of nitrogens with one attached hydrogen (secondary N) is 1. The maximum absolute atomic E-state index is 4.94. The van der Waals surface area contributed by atoms with E-state index in [0.29, 0.717) is 0 Å². The summed E-state index contributed by atoms with van der Waals surface area (Å²) in [7, 11) is 0. The van der Waals surface area contributed by atoms with E-state index in [4.69, 9.17) is 4.98 Å². The topological polar surface area (TPSA) is 28.2 Å². The maximum atomic E-state index is 4.94. The molecule has 0 saturated carbocycles. The first-order chi connectivity index (χ1) is 10.8. The summed E-state index contributed by atoms with van der Waals surface area (Å²) in [6, 6.07) is 8.60. The lowest BCUT2D eigenvalue weighted by Crippen LogP contribution is -2.32. The van der Waals surface area contributed by atoms with Gasteiger partial charge in [-0.3, -0.25) is 9.88 Å². The van der Waals surface area contributed by atoms with E-state index >= 15 is 0 Å². The molecule has 0 spiro atoms. The van der Waals surface area contributed by atoms with E-state index in [2.05, 4.69) is 48.3 Å². The zero-order valence-corrected chi connectivity index (χ0v) is 13.9. The van der Waals surface area contributed by atoms with Crippen molar-refractivity contribution in [2.24, 2.45) is 0 Å². The number of benzene rings is 1. The van der Waals surface area contributed by atoms with Gasteiger partial charge in [0.1, 0.15) is 0 Å². The Bertz CT molecular complexity index is 636. The summed E-state index contributed by atoms with van der Waals surface area (Å²) >= 11 is 0. The molecule has 2 aromatic rings. The third-order valence-electron chi connectivity index (χ3n) is 4.70. The van der Waals surface area contributed by atoms with Crippen LogP contribution < -0.4 is 5.32 Å². The van der Waals surface area contributed by atoms with Crippen LogP contribution in [-0.2, 0) is 19.5 Å². The van der Waals surface area contributed by atoms with Crippen molar-refractivity contribution in [3.63, 3.8) is 0 Å². The van der Waals surface area contributed by atoms with Gasteiger partial charge in [0.15, 0.2) is 0 Å². The van der Waals surface area contributed by atoms with Crippen molar-refractivity contribution in [1.29, 1.82) is 0 Å². The van der Waals surface area contributed by atoms with Gasteiger partial charge in [0.25, 0.3) is 0 Å². The van der Waals surface area contributed by atoms with E-state index in [1.165, 1.54) is 35.0 Å². The number of fused-ring (bicyclic) bond motifs is 2. The van der Waals surface area contributed by atoms with Crippen LogP contribution in [0.2, 0.25) is 0 Å². The summed E-state index contributed by atoms with van der Waals surface area (Å²) in [6.07, 6.45) is 3.56. The minimum Gasteiger partial charge on any atom is -0.313 e. The van der Waals surface area contributed by atoms with Crippen LogP contribution in [-0.4, -0.2) is 29.5 Å². The number of pyridine rings is 1. The van der Waals surface area contributed by atoms with E-state index in [-0.39, 0.29) is 0 Å². The largest absolute Gasteiger partial charge is 0.313 e. The Balaban J connectivity index is 1.97.